The van der Waals surface area contributed by atoms with Crippen molar-refractivity contribution in [2.75, 3.05) is 13.7 Å². The van der Waals surface area contributed by atoms with Crippen LogP contribution in [0.2, 0.25) is 0 Å². The Labute approximate surface area is 143 Å². The molecule has 0 bridgehead atoms. The number of carboxylic acids is 1. The monoisotopic (exact) mass is 340 g/mol. The Bertz CT molecular complexity index is 985. The Balaban J connectivity index is 2.23. The van der Waals surface area contributed by atoms with Crippen molar-refractivity contribution in [3.05, 3.63) is 58.3 Å². The summed E-state index contributed by atoms with van der Waals surface area (Å²) in [7, 11) is 1.55. The van der Waals surface area contributed by atoms with Gasteiger partial charge in [-0.15, -0.1) is 0 Å². The molecular weight excluding hydrogens is 324 g/mol. The van der Waals surface area contributed by atoms with Gasteiger partial charge in [-0.25, -0.2) is 4.79 Å². The highest BCUT2D eigenvalue weighted by Gasteiger charge is 2.19. The van der Waals surface area contributed by atoms with E-state index in [0.29, 0.717) is 22.3 Å². The van der Waals surface area contributed by atoms with E-state index in [0.717, 1.165) is 5.56 Å². The highest BCUT2D eigenvalue weighted by molar-refractivity contribution is 5.82. The lowest BCUT2D eigenvalue weighted by molar-refractivity contribution is -0.139. The number of aliphatic carboxylic acids is 1. The summed E-state index contributed by atoms with van der Waals surface area (Å²) >= 11 is 0. The summed E-state index contributed by atoms with van der Waals surface area (Å²) in [5.41, 5.74) is 1.53. The molecule has 0 radical (unpaired) electrons. The molecule has 25 heavy (non-hydrogen) atoms. The molecule has 6 nitrogen and oxygen atoms in total. The van der Waals surface area contributed by atoms with E-state index in [9.17, 15) is 9.59 Å². The van der Waals surface area contributed by atoms with Crippen molar-refractivity contribution >= 4 is 16.9 Å². The predicted octanol–water partition coefficient (Wildman–Crippen LogP) is 3.24. The number of carbonyl (C=O) groups is 1. The zero-order chi connectivity index (χ0) is 18.0. The van der Waals surface area contributed by atoms with Crippen LogP contribution in [0.1, 0.15) is 5.56 Å². The molecule has 0 saturated heterocycles. The summed E-state index contributed by atoms with van der Waals surface area (Å²) in [6.07, 6.45) is 0. The maximum absolute atomic E-state index is 12.8. The number of hydrogen-bond donors (Lipinski definition) is 1. The third-order valence-electron chi connectivity index (χ3n) is 3.70. The Kier molecular flexibility index (Phi) is 4.43. The molecule has 3 aromatic rings. The van der Waals surface area contributed by atoms with Crippen LogP contribution in [0.4, 0.5) is 0 Å². The van der Waals surface area contributed by atoms with Crippen LogP contribution in [-0.2, 0) is 4.79 Å². The first-order valence-electron chi connectivity index (χ1n) is 7.56. The molecule has 0 aliphatic heterocycles. The Morgan fingerprint density at radius 2 is 1.88 bits per heavy atom. The molecule has 128 valence electrons. The SMILES string of the molecule is COc1ccc(-c2oc3cc(C)ccc3c(=O)c2OCC(=O)O)cc1. The number of ether oxygens (including phenoxy) is 2. The predicted molar refractivity (Wildman–Crippen MR) is 92.3 cm³/mol. The van der Waals surface area contributed by atoms with Gasteiger partial charge < -0.3 is 19.0 Å². The van der Waals surface area contributed by atoms with Gasteiger partial charge in [0.25, 0.3) is 0 Å². The highest BCUT2D eigenvalue weighted by atomic mass is 16.5. The number of rotatable bonds is 5. The lowest BCUT2D eigenvalue weighted by Gasteiger charge is -2.11. The highest BCUT2D eigenvalue weighted by Crippen LogP contribution is 2.32. The third kappa shape index (κ3) is 3.33. The van der Waals surface area contributed by atoms with E-state index in [-0.39, 0.29) is 11.5 Å². The minimum Gasteiger partial charge on any atom is -0.497 e. The average Bonchev–Trinajstić information content (AvgIpc) is 2.60. The first-order chi connectivity index (χ1) is 12.0. The molecule has 0 spiro atoms. The van der Waals surface area contributed by atoms with Gasteiger partial charge in [0.15, 0.2) is 12.4 Å². The second-order valence-corrected chi connectivity index (χ2v) is 5.50. The van der Waals surface area contributed by atoms with Crippen molar-refractivity contribution in [3.63, 3.8) is 0 Å². The summed E-state index contributed by atoms with van der Waals surface area (Å²) < 4.78 is 16.3. The summed E-state index contributed by atoms with van der Waals surface area (Å²) in [6.45, 7) is 1.26. The molecule has 2 aromatic carbocycles. The second-order valence-electron chi connectivity index (χ2n) is 5.50. The van der Waals surface area contributed by atoms with E-state index in [1.165, 1.54) is 0 Å². The largest absolute Gasteiger partial charge is 0.497 e. The zero-order valence-corrected chi connectivity index (χ0v) is 13.7. The quantitative estimate of drug-likeness (QED) is 0.767. The molecule has 0 fully saturated rings. The van der Waals surface area contributed by atoms with E-state index < -0.39 is 18.0 Å². The molecule has 6 heteroatoms. The van der Waals surface area contributed by atoms with Crippen molar-refractivity contribution in [1.29, 1.82) is 0 Å². The number of aryl methyl sites for hydroxylation is 1. The number of benzene rings is 2. The molecule has 0 unspecified atom stereocenters. The van der Waals surface area contributed by atoms with Gasteiger partial charge in [0.1, 0.15) is 11.3 Å². The molecule has 0 saturated carbocycles. The minimum atomic E-state index is -1.18. The van der Waals surface area contributed by atoms with Gasteiger partial charge in [-0.05, 0) is 48.9 Å². The summed E-state index contributed by atoms with van der Waals surface area (Å²) in [5.74, 6) is -0.462. The Morgan fingerprint density at radius 3 is 2.52 bits per heavy atom. The molecule has 1 heterocycles. The number of carboxylic acid groups (broad SMARTS) is 1. The standard InChI is InChI=1S/C19H16O6/c1-11-3-8-14-15(9-11)25-18(12-4-6-13(23-2)7-5-12)19(17(14)22)24-10-16(20)21/h3-9H,10H2,1-2H3,(H,20,21). The van der Waals surface area contributed by atoms with Crippen LogP contribution in [0.3, 0.4) is 0 Å². The molecule has 0 amide bonds. The van der Waals surface area contributed by atoms with Crippen molar-refractivity contribution in [2.45, 2.75) is 6.92 Å². The molecule has 3 rings (SSSR count). The van der Waals surface area contributed by atoms with Crippen LogP contribution < -0.4 is 14.9 Å². The fraction of sp³-hybridized carbons (Fsp3) is 0.158. The normalized spacial score (nSPS) is 10.6. The number of fused-ring (bicyclic) bond motifs is 1. The van der Waals surface area contributed by atoms with Gasteiger partial charge in [0, 0.05) is 5.56 Å². The Morgan fingerprint density at radius 1 is 1.16 bits per heavy atom. The Hall–Kier alpha value is -3.28. The van der Waals surface area contributed by atoms with Crippen molar-refractivity contribution in [2.24, 2.45) is 0 Å². The topological polar surface area (TPSA) is 86.0 Å². The first-order valence-corrected chi connectivity index (χ1v) is 7.56. The molecule has 0 aliphatic carbocycles. The van der Waals surface area contributed by atoms with E-state index in [2.05, 4.69) is 0 Å². The molecule has 1 aromatic heterocycles. The lowest BCUT2D eigenvalue weighted by Crippen LogP contribution is -2.16. The van der Waals surface area contributed by atoms with Crippen LogP contribution in [0, 0.1) is 6.92 Å². The fourth-order valence-electron chi connectivity index (χ4n) is 2.48. The molecule has 0 atom stereocenters. The summed E-state index contributed by atoms with van der Waals surface area (Å²) in [4.78, 5) is 23.6. The van der Waals surface area contributed by atoms with Crippen LogP contribution in [0.25, 0.3) is 22.3 Å². The third-order valence-corrected chi connectivity index (χ3v) is 3.70. The number of hydrogen-bond acceptors (Lipinski definition) is 5. The van der Waals surface area contributed by atoms with Crippen molar-refractivity contribution in [1.82, 2.24) is 0 Å². The van der Waals surface area contributed by atoms with Gasteiger partial charge >= 0.3 is 5.97 Å². The van der Waals surface area contributed by atoms with Gasteiger partial charge in [0.2, 0.25) is 11.2 Å². The lowest BCUT2D eigenvalue weighted by atomic mass is 10.1. The van der Waals surface area contributed by atoms with E-state index in [4.69, 9.17) is 19.0 Å². The summed E-state index contributed by atoms with van der Waals surface area (Å²) in [5, 5.41) is 9.21. The first kappa shape index (κ1) is 16.6. The smallest absolute Gasteiger partial charge is 0.341 e. The molecule has 0 aliphatic rings. The molecule has 1 N–H and O–H groups in total. The van der Waals surface area contributed by atoms with Gasteiger partial charge in [-0.1, -0.05) is 6.07 Å². The van der Waals surface area contributed by atoms with Crippen LogP contribution >= 0.6 is 0 Å². The van der Waals surface area contributed by atoms with Crippen LogP contribution in [0.15, 0.2) is 51.7 Å². The van der Waals surface area contributed by atoms with E-state index >= 15 is 0 Å². The van der Waals surface area contributed by atoms with E-state index in [1.807, 2.05) is 6.92 Å². The van der Waals surface area contributed by atoms with Gasteiger partial charge in [0.05, 0.1) is 12.5 Å². The van der Waals surface area contributed by atoms with Crippen LogP contribution in [-0.4, -0.2) is 24.8 Å². The van der Waals surface area contributed by atoms with Gasteiger partial charge in [-0.2, -0.15) is 0 Å². The second kappa shape index (κ2) is 6.68. The maximum atomic E-state index is 12.8. The van der Waals surface area contributed by atoms with Gasteiger partial charge in [-0.3, -0.25) is 4.79 Å². The summed E-state index contributed by atoms with van der Waals surface area (Å²) in [6, 6.07) is 12.0. The maximum Gasteiger partial charge on any atom is 0.341 e. The number of methoxy groups -OCH3 is 1. The zero-order valence-electron chi connectivity index (χ0n) is 13.7. The van der Waals surface area contributed by atoms with Crippen LogP contribution in [0.5, 0.6) is 11.5 Å². The van der Waals surface area contributed by atoms with Crippen molar-refractivity contribution < 1.29 is 23.8 Å². The fourth-order valence-corrected chi connectivity index (χ4v) is 2.48. The minimum absolute atomic E-state index is 0.121. The van der Waals surface area contributed by atoms with Crippen molar-refractivity contribution in [3.8, 4) is 22.8 Å². The molecular formula is C19H16O6. The van der Waals surface area contributed by atoms with E-state index in [1.54, 1.807) is 49.6 Å². The average molecular weight is 340 g/mol.